The number of benzene rings is 1. The van der Waals surface area contributed by atoms with Crippen LogP contribution in [0.2, 0.25) is 0 Å². The zero-order valence-electron chi connectivity index (χ0n) is 16.8. The predicted octanol–water partition coefficient (Wildman–Crippen LogP) is 4.56. The Labute approximate surface area is 166 Å². The third-order valence-electron chi connectivity index (χ3n) is 5.39. The Morgan fingerprint density at radius 3 is 2.11 bits per heavy atom. The van der Waals surface area contributed by atoms with Gasteiger partial charge in [-0.05, 0) is 49.8 Å². The molecule has 0 saturated carbocycles. The third-order valence-corrected chi connectivity index (χ3v) is 5.39. The van der Waals surface area contributed by atoms with E-state index < -0.39 is 5.60 Å². The van der Waals surface area contributed by atoms with Gasteiger partial charge in [0.15, 0.2) is 11.3 Å². The van der Waals surface area contributed by atoms with E-state index in [1.165, 1.54) is 12.1 Å². The summed E-state index contributed by atoms with van der Waals surface area (Å²) in [5, 5.41) is 28.1. The van der Waals surface area contributed by atoms with E-state index in [0.717, 1.165) is 18.7 Å². The van der Waals surface area contributed by atoms with Gasteiger partial charge < -0.3 is 9.64 Å². The molecule has 28 heavy (non-hydrogen) atoms. The van der Waals surface area contributed by atoms with Gasteiger partial charge in [0.1, 0.15) is 29.4 Å². The van der Waals surface area contributed by atoms with Gasteiger partial charge in [-0.2, -0.15) is 15.8 Å². The molecule has 3 rings (SSSR count). The van der Waals surface area contributed by atoms with E-state index in [1.54, 1.807) is 0 Å². The highest BCUT2D eigenvalue weighted by molar-refractivity contribution is 5.84. The molecule has 5 heteroatoms. The van der Waals surface area contributed by atoms with Gasteiger partial charge in [0.05, 0.1) is 0 Å². The van der Waals surface area contributed by atoms with Crippen LogP contribution in [0.5, 0.6) is 0 Å². The SMILES string of the molecule is CC1CC(C)CN(c2ccc(C3=C(C#N)C(=C(C#N)C#N)OC3(C)C)cc2)C1. The molecule has 2 aliphatic rings. The van der Waals surface area contributed by atoms with Crippen molar-refractivity contribution in [3.05, 3.63) is 46.7 Å². The molecule has 2 atom stereocenters. The molecule has 0 amide bonds. The van der Waals surface area contributed by atoms with Crippen molar-refractivity contribution in [2.24, 2.45) is 11.8 Å². The number of nitrogens with zero attached hydrogens (tertiary/aromatic N) is 4. The third kappa shape index (κ3) is 3.47. The fraction of sp³-hybridized carbons (Fsp3) is 0.435. The van der Waals surface area contributed by atoms with Crippen LogP contribution in [0.3, 0.4) is 0 Å². The molecular weight excluding hydrogens is 348 g/mol. The molecule has 2 aliphatic heterocycles. The Morgan fingerprint density at radius 1 is 1.04 bits per heavy atom. The number of anilines is 1. The Kier molecular flexibility index (Phi) is 5.17. The molecule has 0 aromatic heterocycles. The number of hydrogen-bond acceptors (Lipinski definition) is 5. The van der Waals surface area contributed by atoms with E-state index >= 15 is 0 Å². The molecule has 5 nitrogen and oxygen atoms in total. The minimum atomic E-state index is -0.797. The zero-order valence-corrected chi connectivity index (χ0v) is 16.8. The first-order valence-corrected chi connectivity index (χ1v) is 9.54. The molecule has 0 bridgehead atoms. The second-order valence-electron chi connectivity index (χ2n) is 8.30. The fourth-order valence-corrected chi connectivity index (χ4v) is 4.39. The smallest absolute Gasteiger partial charge is 0.172 e. The molecule has 142 valence electrons. The van der Waals surface area contributed by atoms with E-state index in [1.807, 2.05) is 38.1 Å². The van der Waals surface area contributed by atoms with Crippen molar-refractivity contribution in [3.63, 3.8) is 0 Å². The summed E-state index contributed by atoms with van der Waals surface area (Å²) in [5.41, 5.74) is 2.04. The van der Waals surface area contributed by atoms with Crippen LogP contribution in [0.1, 0.15) is 39.7 Å². The second-order valence-corrected chi connectivity index (χ2v) is 8.30. The van der Waals surface area contributed by atoms with E-state index in [0.29, 0.717) is 17.4 Å². The van der Waals surface area contributed by atoms with Crippen LogP contribution in [0.15, 0.2) is 41.2 Å². The lowest BCUT2D eigenvalue weighted by Crippen LogP contribution is -2.38. The Morgan fingerprint density at radius 2 is 1.61 bits per heavy atom. The van der Waals surface area contributed by atoms with Crippen molar-refractivity contribution in [1.29, 1.82) is 15.8 Å². The summed E-state index contributed by atoms with van der Waals surface area (Å²) in [6.07, 6.45) is 1.26. The molecule has 1 aromatic rings. The molecule has 2 unspecified atom stereocenters. The normalized spacial score (nSPS) is 23.5. The summed E-state index contributed by atoms with van der Waals surface area (Å²) in [7, 11) is 0. The maximum absolute atomic E-state index is 9.71. The number of ether oxygens (including phenoxy) is 1. The van der Waals surface area contributed by atoms with Crippen molar-refractivity contribution >= 4 is 11.3 Å². The van der Waals surface area contributed by atoms with Crippen molar-refractivity contribution in [2.75, 3.05) is 18.0 Å². The van der Waals surface area contributed by atoms with E-state index in [9.17, 15) is 15.8 Å². The fourth-order valence-electron chi connectivity index (χ4n) is 4.39. The van der Waals surface area contributed by atoms with Gasteiger partial charge in [-0.3, -0.25) is 0 Å². The number of allylic oxidation sites excluding steroid dienone is 2. The Hall–Kier alpha value is -3.23. The molecule has 0 aliphatic carbocycles. The molecule has 0 radical (unpaired) electrons. The molecule has 1 saturated heterocycles. The molecular formula is C23H24N4O. The topological polar surface area (TPSA) is 83.8 Å². The van der Waals surface area contributed by atoms with E-state index in [-0.39, 0.29) is 16.9 Å². The number of piperidine rings is 1. The van der Waals surface area contributed by atoms with Gasteiger partial charge >= 0.3 is 0 Å². The van der Waals surface area contributed by atoms with Crippen LogP contribution >= 0.6 is 0 Å². The van der Waals surface area contributed by atoms with Gasteiger partial charge in [-0.15, -0.1) is 0 Å². The number of nitriles is 3. The monoisotopic (exact) mass is 372 g/mol. The summed E-state index contributed by atoms with van der Waals surface area (Å²) >= 11 is 0. The van der Waals surface area contributed by atoms with Crippen LogP contribution in [0.25, 0.3) is 5.57 Å². The maximum atomic E-state index is 9.71. The molecule has 1 fully saturated rings. The lowest BCUT2D eigenvalue weighted by molar-refractivity contribution is 0.109. The van der Waals surface area contributed by atoms with Crippen molar-refractivity contribution in [2.45, 2.75) is 39.7 Å². The van der Waals surface area contributed by atoms with Gasteiger partial charge in [0, 0.05) is 24.4 Å². The van der Waals surface area contributed by atoms with Gasteiger partial charge in [-0.25, -0.2) is 0 Å². The van der Waals surface area contributed by atoms with Crippen LogP contribution < -0.4 is 4.90 Å². The largest absolute Gasteiger partial charge is 0.480 e. The minimum absolute atomic E-state index is 0.0789. The average Bonchev–Trinajstić information content (AvgIpc) is 2.92. The van der Waals surface area contributed by atoms with E-state index in [4.69, 9.17) is 4.74 Å². The molecule has 0 N–H and O–H groups in total. The average molecular weight is 372 g/mol. The highest BCUT2D eigenvalue weighted by atomic mass is 16.5. The molecule has 2 heterocycles. The highest BCUT2D eigenvalue weighted by Gasteiger charge is 2.40. The number of hydrogen-bond donors (Lipinski definition) is 0. The van der Waals surface area contributed by atoms with Crippen LogP contribution in [-0.2, 0) is 4.74 Å². The lowest BCUT2D eigenvalue weighted by atomic mass is 9.88. The van der Waals surface area contributed by atoms with E-state index in [2.05, 4.69) is 36.9 Å². The first-order chi connectivity index (χ1) is 13.3. The van der Waals surface area contributed by atoms with Gasteiger partial charge in [0.2, 0.25) is 0 Å². The van der Waals surface area contributed by atoms with Crippen molar-refractivity contribution < 1.29 is 4.74 Å². The standard InChI is InChI=1S/C23H24N4O/c1-15-9-16(2)14-27(13-15)19-7-5-17(6-8-19)21-20(12-26)22(18(10-24)11-25)28-23(21,3)4/h5-8,15-16H,9,13-14H2,1-4H3. The Balaban J connectivity index is 2.02. The Bertz CT molecular complexity index is 938. The number of rotatable bonds is 2. The van der Waals surface area contributed by atoms with Crippen LogP contribution in [-0.4, -0.2) is 18.7 Å². The molecule has 0 spiro atoms. The summed E-state index contributed by atoms with van der Waals surface area (Å²) in [6.45, 7) is 10.4. The quantitative estimate of drug-likeness (QED) is 0.711. The summed E-state index contributed by atoms with van der Waals surface area (Å²) < 4.78 is 5.87. The second kappa shape index (κ2) is 7.41. The van der Waals surface area contributed by atoms with Crippen LogP contribution in [0.4, 0.5) is 5.69 Å². The lowest BCUT2D eigenvalue weighted by Gasteiger charge is -2.36. The summed E-state index contributed by atoms with van der Waals surface area (Å²) in [5.74, 6) is 1.42. The summed E-state index contributed by atoms with van der Waals surface area (Å²) in [6, 6.07) is 14.0. The molecule has 1 aromatic carbocycles. The predicted molar refractivity (Wildman–Crippen MR) is 108 cm³/mol. The van der Waals surface area contributed by atoms with Gasteiger partial charge in [0.25, 0.3) is 0 Å². The van der Waals surface area contributed by atoms with Crippen LogP contribution in [0, 0.1) is 45.8 Å². The first-order valence-electron chi connectivity index (χ1n) is 9.54. The van der Waals surface area contributed by atoms with Gasteiger partial charge in [-0.1, -0.05) is 26.0 Å². The summed E-state index contributed by atoms with van der Waals surface area (Å²) in [4.78, 5) is 2.41. The maximum Gasteiger partial charge on any atom is 0.172 e. The minimum Gasteiger partial charge on any atom is -0.480 e. The zero-order chi connectivity index (χ0) is 20.5. The van der Waals surface area contributed by atoms with Crippen molar-refractivity contribution in [3.8, 4) is 18.2 Å². The van der Waals surface area contributed by atoms with Crippen molar-refractivity contribution in [1.82, 2.24) is 0 Å². The first kappa shape index (κ1) is 19.5. The highest BCUT2D eigenvalue weighted by Crippen LogP contribution is 2.45.